The van der Waals surface area contributed by atoms with Gasteiger partial charge in [0, 0.05) is 6.42 Å². The Hall–Kier alpha value is -1.58. The maximum Gasteiger partial charge on any atom is 0.324 e. The fraction of sp³-hybridized carbons (Fsp3) is 0.312. The van der Waals surface area contributed by atoms with Crippen LogP contribution in [0.2, 0.25) is 0 Å². The van der Waals surface area contributed by atoms with Gasteiger partial charge in [-0.25, -0.2) is 0 Å². The number of hydrogen-bond acceptors (Lipinski definition) is 2. The molecule has 4 heteroatoms. The lowest BCUT2D eigenvalue weighted by molar-refractivity contribution is -0.144. The average molecular weight is 292 g/mol. The third kappa shape index (κ3) is 2.51. The molecule has 2 aromatic carbocycles. The number of carbonyl (C=O) groups is 1. The van der Waals surface area contributed by atoms with Gasteiger partial charge < -0.3 is 10.4 Å². The first-order valence-corrected chi connectivity index (χ1v) is 6.66. The molecule has 3 rings (SSSR count). The SMILES string of the molecule is Cl.O=C(O)C1(Cc2cccc3ccccc23)CCCN1. The Morgan fingerprint density at radius 3 is 2.65 bits per heavy atom. The highest BCUT2D eigenvalue weighted by atomic mass is 35.5. The highest BCUT2D eigenvalue weighted by Crippen LogP contribution is 2.28. The Kier molecular flexibility index (Phi) is 4.31. The topological polar surface area (TPSA) is 49.3 Å². The van der Waals surface area contributed by atoms with Gasteiger partial charge in [0.25, 0.3) is 0 Å². The van der Waals surface area contributed by atoms with Crippen LogP contribution in [0.5, 0.6) is 0 Å². The highest BCUT2D eigenvalue weighted by molar-refractivity contribution is 5.87. The van der Waals surface area contributed by atoms with Crippen LogP contribution in [0.25, 0.3) is 10.8 Å². The Morgan fingerprint density at radius 1 is 1.20 bits per heavy atom. The standard InChI is InChI=1S/C16H17NO2.ClH/c18-15(19)16(9-4-10-17-16)11-13-7-3-6-12-5-1-2-8-14(12)13;/h1-3,5-8,17H,4,9-11H2,(H,18,19);1H. The molecule has 2 aromatic rings. The Bertz CT molecular complexity index is 615. The number of aliphatic carboxylic acids is 1. The second-order valence-electron chi connectivity index (χ2n) is 5.23. The minimum absolute atomic E-state index is 0. The number of halogens is 1. The van der Waals surface area contributed by atoms with Gasteiger partial charge in [-0.15, -0.1) is 12.4 Å². The van der Waals surface area contributed by atoms with Crippen LogP contribution in [0.3, 0.4) is 0 Å². The monoisotopic (exact) mass is 291 g/mol. The molecule has 3 nitrogen and oxygen atoms in total. The maximum absolute atomic E-state index is 11.6. The number of nitrogens with one attached hydrogen (secondary N) is 1. The average Bonchev–Trinajstić information content (AvgIpc) is 2.89. The summed E-state index contributed by atoms with van der Waals surface area (Å²) in [5, 5.41) is 15.0. The van der Waals surface area contributed by atoms with Gasteiger partial charge in [0.2, 0.25) is 0 Å². The van der Waals surface area contributed by atoms with E-state index in [1.165, 1.54) is 5.39 Å². The summed E-state index contributed by atoms with van der Waals surface area (Å²) in [6.45, 7) is 0.789. The molecular formula is C16H18ClNO2. The van der Waals surface area contributed by atoms with E-state index >= 15 is 0 Å². The van der Waals surface area contributed by atoms with Crippen molar-refractivity contribution >= 4 is 29.1 Å². The van der Waals surface area contributed by atoms with Crippen LogP contribution < -0.4 is 5.32 Å². The van der Waals surface area contributed by atoms with Crippen LogP contribution in [0.1, 0.15) is 18.4 Å². The van der Waals surface area contributed by atoms with E-state index in [4.69, 9.17) is 0 Å². The molecule has 1 heterocycles. The molecule has 1 aliphatic rings. The Morgan fingerprint density at radius 2 is 1.95 bits per heavy atom. The second kappa shape index (κ2) is 5.81. The molecular weight excluding hydrogens is 274 g/mol. The molecule has 0 radical (unpaired) electrons. The van der Waals surface area contributed by atoms with Gasteiger partial charge in [0.1, 0.15) is 5.54 Å². The summed E-state index contributed by atoms with van der Waals surface area (Å²) in [4.78, 5) is 11.6. The lowest BCUT2D eigenvalue weighted by atomic mass is 9.87. The first-order valence-electron chi connectivity index (χ1n) is 6.66. The largest absolute Gasteiger partial charge is 0.480 e. The molecule has 1 atom stereocenters. The van der Waals surface area contributed by atoms with Crippen molar-refractivity contribution in [3.63, 3.8) is 0 Å². The van der Waals surface area contributed by atoms with Crippen molar-refractivity contribution in [1.82, 2.24) is 5.32 Å². The Labute approximate surface area is 124 Å². The van der Waals surface area contributed by atoms with Crippen molar-refractivity contribution in [2.75, 3.05) is 6.54 Å². The molecule has 0 aromatic heterocycles. The number of benzene rings is 2. The zero-order valence-corrected chi connectivity index (χ0v) is 12.0. The molecule has 0 bridgehead atoms. The van der Waals surface area contributed by atoms with E-state index in [9.17, 15) is 9.90 Å². The summed E-state index contributed by atoms with van der Waals surface area (Å²) in [5.41, 5.74) is 0.319. The summed E-state index contributed by atoms with van der Waals surface area (Å²) >= 11 is 0. The zero-order valence-electron chi connectivity index (χ0n) is 11.1. The molecule has 0 saturated carbocycles. The number of carboxylic acid groups (broad SMARTS) is 1. The smallest absolute Gasteiger partial charge is 0.324 e. The van der Waals surface area contributed by atoms with Crippen molar-refractivity contribution in [2.24, 2.45) is 0 Å². The maximum atomic E-state index is 11.6. The molecule has 0 aliphatic carbocycles. The van der Waals surface area contributed by atoms with E-state index < -0.39 is 11.5 Å². The van der Waals surface area contributed by atoms with Crippen LogP contribution in [0.4, 0.5) is 0 Å². The second-order valence-corrected chi connectivity index (χ2v) is 5.23. The van der Waals surface area contributed by atoms with Crippen LogP contribution in [0, 0.1) is 0 Å². The van der Waals surface area contributed by atoms with Crippen LogP contribution in [0.15, 0.2) is 42.5 Å². The summed E-state index contributed by atoms with van der Waals surface area (Å²) in [7, 11) is 0. The lowest BCUT2D eigenvalue weighted by Gasteiger charge is -2.25. The summed E-state index contributed by atoms with van der Waals surface area (Å²) in [6, 6.07) is 14.2. The van der Waals surface area contributed by atoms with Gasteiger partial charge in [0.05, 0.1) is 0 Å². The first kappa shape index (κ1) is 14.8. The van der Waals surface area contributed by atoms with Crippen molar-refractivity contribution in [3.8, 4) is 0 Å². The van der Waals surface area contributed by atoms with Crippen LogP contribution >= 0.6 is 12.4 Å². The third-order valence-corrected chi connectivity index (χ3v) is 4.03. The minimum atomic E-state index is -0.788. The molecule has 1 saturated heterocycles. The molecule has 106 valence electrons. The van der Waals surface area contributed by atoms with Crippen LogP contribution in [-0.4, -0.2) is 23.2 Å². The van der Waals surface area contributed by atoms with Gasteiger partial charge in [0.15, 0.2) is 0 Å². The van der Waals surface area contributed by atoms with Crippen LogP contribution in [-0.2, 0) is 11.2 Å². The number of carboxylic acids is 1. The van der Waals surface area contributed by atoms with Crippen molar-refractivity contribution in [1.29, 1.82) is 0 Å². The highest BCUT2D eigenvalue weighted by Gasteiger charge is 2.41. The first-order chi connectivity index (χ1) is 9.21. The lowest BCUT2D eigenvalue weighted by Crippen LogP contribution is -2.49. The van der Waals surface area contributed by atoms with E-state index in [-0.39, 0.29) is 12.4 Å². The predicted molar refractivity (Wildman–Crippen MR) is 82.5 cm³/mol. The van der Waals surface area contributed by atoms with Gasteiger partial charge in [-0.3, -0.25) is 4.79 Å². The van der Waals surface area contributed by atoms with E-state index in [0.29, 0.717) is 12.8 Å². The van der Waals surface area contributed by atoms with E-state index in [2.05, 4.69) is 23.5 Å². The fourth-order valence-electron chi connectivity index (χ4n) is 2.99. The van der Waals surface area contributed by atoms with E-state index in [1.807, 2.05) is 24.3 Å². The molecule has 1 unspecified atom stereocenters. The molecule has 1 aliphatic heterocycles. The van der Waals surface area contributed by atoms with Gasteiger partial charge >= 0.3 is 5.97 Å². The number of hydrogen-bond donors (Lipinski definition) is 2. The Balaban J connectivity index is 0.00000147. The third-order valence-electron chi connectivity index (χ3n) is 4.03. The molecule has 1 fully saturated rings. The van der Waals surface area contributed by atoms with Gasteiger partial charge in [-0.2, -0.15) is 0 Å². The van der Waals surface area contributed by atoms with E-state index in [1.54, 1.807) is 0 Å². The quantitative estimate of drug-likeness (QED) is 0.914. The fourth-order valence-corrected chi connectivity index (χ4v) is 2.99. The van der Waals surface area contributed by atoms with Crippen molar-refractivity contribution < 1.29 is 9.90 Å². The predicted octanol–water partition coefficient (Wildman–Crippen LogP) is 3.01. The molecule has 2 N–H and O–H groups in total. The summed E-state index contributed by atoms with van der Waals surface area (Å²) in [6.07, 6.45) is 2.17. The summed E-state index contributed by atoms with van der Waals surface area (Å²) < 4.78 is 0. The molecule has 0 amide bonds. The number of rotatable bonds is 3. The number of fused-ring (bicyclic) bond motifs is 1. The molecule has 20 heavy (non-hydrogen) atoms. The normalized spacial score (nSPS) is 21.6. The molecule has 0 spiro atoms. The zero-order chi connectivity index (χ0) is 13.3. The minimum Gasteiger partial charge on any atom is -0.480 e. The van der Waals surface area contributed by atoms with Gasteiger partial charge in [-0.05, 0) is 35.7 Å². The van der Waals surface area contributed by atoms with Crippen molar-refractivity contribution in [3.05, 3.63) is 48.0 Å². The summed E-state index contributed by atoms with van der Waals surface area (Å²) in [5.74, 6) is -0.738. The van der Waals surface area contributed by atoms with Gasteiger partial charge in [-0.1, -0.05) is 42.5 Å². The van der Waals surface area contributed by atoms with E-state index in [0.717, 1.165) is 23.9 Å². The van der Waals surface area contributed by atoms with Crippen molar-refractivity contribution in [2.45, 2.75) is 24.8 Å².